The second-order valence-corrected chi connectivity index (χ2v) is 6.47. The molecule has 108 valence electrons. The number of rotatable bonds is 5. The maximum Gasteiger partial charge on any atom is 0.138 e. The lowest BCUT2D eigenvalue weighted by Gasteiger charge is -2.37. The highest BCUT2D eigenvalue weighted by molar-refractivity contribution is 4.93. The summed E-state index contributed by atoms with van der Waals surface area (Å²) >= 11 is 0. The molecule has 1 heterocycles. The van der Waals surface area contributed by atoms with Gasteiger partial charge in [0.2, 0.25) is 0 Å². The summed E-state index contributed by atoms with van der Waals surface area (Å²) in [6.45, 7) is 7.68. The SMILES string of the molecule is CCn1ncnc1CC(NN)C1CCC(C)(C)CC1. The molecule has 2 rings (SSSR count). The van der Waals surface area contributed by atoms with Gasteiger partial charge in [-0.1, -0.05) is 13.8 Å². The fourth-order valence-electron chi connectivity index (χ4n) is 3.09. The van der Waals surface area contributed by atoms with Crippen molar-refractivity contribution in [1.82, 2.24) is 20.2 Å². The van der Waals surface area contributed by atoms with Gasteiger partial charge in [-0.3, -0.25) is 16.0 Å². The van der Waals surface area contributed by atoms with E-state index in [0.29, 0.717) is 17.4 Å². The molecule has 1 aromatic rings. The smallest absolute Gasteiger partial charge is 0.138 e. The van der Waals surface area contributed by atoms with Gasteiger partial charge in [-0.05, 0) is 43.9 Å². The molecule has 0 aliphatic heterocycles. The summed E-state index contributed by atoms with van der Waals surface area (Å²) in [4.78, 5) is 4.35. The van der Waals surface area contributed by atoms with Crippen LogP contribution in [0.15, 0.2) is 6.33 Å². The maximum atomic E-state index is 5.77. The highest BCUT2D eigenvalue weighted by atomic mass is 15.3. The molecule has 0 saturated heterocycles. The van der Waals surface area contributed by atoms with E-state index in [-0.39, 0.29) is 0 Å². The largest absolute Gasteiger partial charge is 0.271 e. The van der Waals surface area contributed by atoms with Crippen LogP contribution in [0, 0.1) is 11.3 Å². The van der Waals surface area contributed by atoms with Crippen LogP contribution in [-0.4, -0.2) is 20.8 Å². The first-order valence-electron chi connectivity index (χ1n) is 7.38. The van der Waals surface area contributed by atoms with Gasteiger partial charge in [0.1, 0.15) is 12.2 Å². The number of nitrogens with two attached hydrogens (primary N) is 1. The first-order chi connectivity index (χ1) is 9.05. The van der Waals surface area contributed by atoms with Crippen molar-refractivity contribution < 1.29 is 0 Å². The van der Waals surface area contributed by atoms with E-state index in [0.717, 1.165) is 18.8 Å². The molecule has 19 heavy (non-hydrogen) atoms. The molecule has 5 nitrogen and oxygen atoms in total. The first kappa shape index (κ1) is 14.5. The van der Waals surface area contributed by atoms with Crippen LogP contribution in [0.5, 0.6) is 0 Å². The van der Waals surface area contributed by atoms with Gasteiger partial charge >= 0.3 is 0 Å². The van der Waals surface area contributed by atoms with Crippen LogP contribution >= 0.6 is 0 Å². The summed E-state index contributed by atoms with van der Waals surface area (Å²) in [5.41, 5.74) is 3.51. The van der Waals surface area contributed by atoms with E-state index < -0.39 is 0 Å². The van der Waals surface area contributed by atoms with Crippen LogP contribution in [0.4, 0.5) is 0 Å². The molecule has 1 atom stereocenters. The number of hydrogen-bond donors (Lipinski definition) is 2. The van der Waals surface area contributed by atoms with Crippen molar-refractivity contribution in [2.24, 2.45) is 17.2 Å². The summed E-state index contributed by atoms with van der Waals surface area (Å²) in [5, 5.41) is 4.23. The van der Waals surface area contributed by atoms with Crippen molar-refractivity contribution in [3.63, 3.8) is 0 Å². The number of nitrogens with one attached hydrogen (secondary N) is 1. The first-order valence-corrected chi connectivity index (χ1v) is 7.38. The fourth-order valence-corrected chi connectivity index (χ4v) is 3.09. The van der Waals surface area contributed by atoms with Crippen molar-refractivity contribution in [2.75, 3.05) is 0 Å². The summed E-state index contributed by atoms with van der Waals surface area (Å²) in [6, 6.07) is 0.311. The molecule has 0 bridgehead atoms. The van der Waals surface area contributed by atoms with Gasteiger partial charge in [-0.2, -0.15) is 5.10 Å². The van der Waals surface area contributed by atoms with Crippen molar-refractivity contribution >= 4 is 0 Å². The average Bonchev–Trinajstić information content (AvgIpc) is 2.83. The second kappa shape index (κ2) is 6.01. The lowest BCUT2D eigenvalue weighted by molar-refractivity contribution is 0.159. The lowest BCUT2D eigenvalue weighted by Crippen LogP contribution is -2.44. The zero-order valence-electron chi connectivity index (χ0n) is 12.4. The number of nitrogens with zero attached hydrogens (tertiary/aromatic N) is 3. The molecule has 1 unspecified atom stereocenters. The molecule has 5 heteroatoms. The molecule has 3 N–H and O–H groups in total. The van der Waals surface area contributed by atoms with Gasteiger partial charge in [0.25, 0.3) is 0 Å². The minimum Gasteiger partial charge on any atom is -0.271 e. The molecule has 1 aromatic heterocycles. The monoisotopic (exact) mass is 265 g/mol. The van der Waals surface area contributed by atoms with Crippen LogP contribution in [0.25, 0.3) is 0 Å². The average molecular weight is 265 g/mol. The molecular weight excluding hydrogens is 238 g/mol. The summed E-state index contributed by atoms with van der Waals surface area (Å²) < 4.78 is 1.96. The Labute approximate surface area is 115 Å². The molecule has 0 amide bonds. The molecular formula is C14H27N5. The van der Waals surface area contributed by atoms with Crippen molar-refractivity contribution in [3.05, 3.63) is 12.2 Å². The molecule has 0 radical (unpaired) electrons. The van der Waals surface area contributed by atoms with Crippen LogP contribution in [0.2, 0.25) is 0 Å². The predicted octanol–water partition coefficient (Wildman–Crippen LogP) is 1.89. The Kier molecular flexibility index (Phi) is 4.58. The molecule has 0 aromatic carbocycles. The summed E-state index contributed by atoms with van der Waals surface area (Å²) in [7, 11) is 0. The van der Waals surface area contributed by atoms with Gasteiger partial charge in [0.15, 0.2) is 0 Å². The Morgan fingerprint density at radius 1 is 1.47 bits per heavy atom. The number of aryl methyl sites for hydroxylation is 1. The van der Waals surface area contributed by atoms with Gasteiger partial charge in [0, 0.05) is 19.0 Å². The zero-order valence-corrected chi connectivity index (χ0v) is 12.4. The number of hydrogen-bond acceptors (Lipinski definition) is 4. The Hall–Kier alpha value is -0.940. The standard InChI is InChI=1S/C14H27N5/c1-4-19-13(16-10-17-19)9-12(18-15)11-5-7-14(2,3)8-6-11/h10-12,18H,4-9,15H2,1-3H3. The van der Waals surface area contributed by atoms with Gasteiger partial charge in [0.05, 0.1) is 0 Å². The van der Waals surface area contributed by atoms with Crippen LogP contribution < -0.4 is 11.3 Å². The molecule has 1 fully saturated rings. The van der Waals surface area contributed by atoms with Crippen molar-refractivity contribution in [3.8, 4) is 0 Å². The number of hydrazine groups is 1. The third kappa shape index (κ3) is 3.54. The Morgan fingerprint density at radius 2 is 2.16 bits per heavy atom. The van der Waals surface area contributed by atoms with E-state index in [2.05, 4.69) is 36.3 Å². The second-order valence-electron chi connectivity index (χ2n) is 6.47. The van der Waals surface area contributed by atoms with Gasteiger partial charge in [-0.25, -0.2) is 4.98 Å². The van der Waals surface area contributed by atoms with E-state index in [1.54, 1.807) is 6.33 Å². The van der Waals surface area contributed by atoms with Crippen LogP contribution in [0.1, 0.15) is 52.3 Å². The number of aromatic nitrogens is 3. The normalized spacial score (nSPS) is 21.5. The minimum atomic E-state index is 0.311. The van der Waals surface area contributed by atoms with E-state index in [4.69, 9.17) is 5.84 Å². The molecule has 0 spiro atoms. The summed E-state index contributed by atoms with van der Waals surface area (Å²) in [5.74, 6) is 7.46. The highest BCUT2D eigenvalue weighted by Gasteiger charge is 2.31. The quantitative estimate of drug-likeness (QED) is 0.630. The van der Waals surface area contributed by atoms with Crippen LogP contribution in [0.3, 0.4) is 0 Å². The zero-order chi connectivity index (χ0) is 13.9. The third-order valence-electron chi connectivity index (χ3n) is 4.56. The highest BCUT2D eigenvalue weighted by Crippen LogP contribution is 2.39. The Bertz CT molecular complexity index is 388. The molecule has 1 aliphatic rings. The van der Waals surface area contributed by atoms with Crippen molar-refractivity contribution in [1.29, 1.82) is 0 Å². The van der Waals surface area contributed by atoms with Gasteiger partial charge < -0.3 is 0 Å². The third-order valence-corrected chi connectivity index (χ3v) is 4.56. The van der Waals surface area contributed by atoms with Crippen molar-refractivity contribution in [2.45, 2.75) is 65.5 Å². The minimum absolute atomic E-state index is 0.311. The predicted molar refractivity (Wildman–Crippen MR) is 76.3 cm³/mol. The van der Waals surface area contributed by atoms with E-state index >= 15 is 0 Å². The van der Waals surface area contributed by atoms with Gasteiger partial charge in [-0.15, -0.1) is 0 Å². The fraction of sp³-hybridized carbons (Fsp3) is 0.857. The van der Waals surface area contributed by atoms with E-state index in [9.17, 15) is 0 Å². The molecule has 1 saturated carbocycles. The maximum absolute atomic E-state index is 5.77. The summed E-state index contributed by atoms with van der Waals surface area (Å²) in [6.07, 6.45) is 7.59. The topological polar surface area (TPSA) is 68.8 Å². The van der Waals surface area contributed by atoms with E-state index in [1.807, 2.05) is 4.68 Å². The van der Waals surface area contributed by atoms with E-state index in [1.165, 1.54) is 25.7 Å². The lowest BCUT2D eigenvalue weighted by atomic mass is 9.71. The Balaban J connectivity index is 1.97. The molecule has 1 aliphatic carbocycles. The van der Waals surface area contributed by atoms with Crippen LogP contribution in [-0.2, 0) is 13.0 Å². The Morgan fingerprint density at radius 3 is 2.74 bits per heavy atom.